The molecule has 0 spiro atoms. The third-order valence-electron chi connectivity index (χ3n) is 3.10. The summed E-state index contributed by atoms with van der Waals surface area (Å²) in [6.07, 6.45) is 6.72. The van der Waals surface area contributed by atoms with Gasteiger partial charge in [0.25, 0.3) is 5.91 Å². The van der Waals surface area contributed by atoms with Crippen LogP contribution in [0.3, 0.4) is 0 Å². The Hall–Kier alpha value is -1.62. The van der Waals surface area contributed by atoms with Gasteiger partial charge in [-0.1, -0.05) is 12.8 Å². The molecule has 18 heavy (non-hydrogen) atoms. The Morgan fingerprint density at radius 2 is 2.28 bits per heavy atom. The molecule has 0 radical (unpaired) electrons. The molecule has 2 rings (SSSR count). The van der Waals surface area contributed by atoms with Crippen LogP contribution < -0.4 is 11.1 Å². The van der Waals surface area contributed by atoms with Gasteiger partial charge in [-0.15, -0.1) is 0 Å². The van der Waals surface area contributed by atoms with E-state index >= 15 is 0 Å². The summed E-state index contributed by atoms with van der Waals surface area (Å²) in [5.74, 6) is -0.247. The number of pyridine rings is 1. The number of hydrogen-bond acceptors (Lipinski definition) is 4. The van der Waals surface area contributed by atoms with Crippen LogP contribution in [-0.2, 0) is 4.74 Å². The minimum Gasteiger partial charge on any atom is -0.397 e. The van der Waals surface area contributed by atoms with E-state index in [1.807, 2.05) is 0 Å². The molecule has 1 saturated carbocycles. The average Bonchev–Trinajstić information content (AvgIpc) is 2.88. The SMILES string of the molecule is Nc1cccnc1C(=O)NCCOC1CCCC1. The summed E-state index contributed by atoms with van der Waals surface area (Å²) in [4.78, 5) is 15.7. The van der Waals surface area contributed by atoms with Crippen molar-refractivity contribution in [3.63, 3.8) is 0 Å². The third-order valence-corrected chi connectivity index (χ3v) is 3.10. The molecule has 5 heteroatoms. The van der Waals surface area contributed by atoms with Gasteiger partial charge in [0.15, 0.2) is 5.69 Å². The minimum absolute atomic E-state index is 0.247. The van der Waals surface area contributed by atoms with Crippen LogP contribution in [0.1, 0.15) is 36.2 Å². The van der Waals surface area contributed by atoms with Crippen molar-refractivity contribution in [2.24, 2.45) is 0 Å². The number of anilines is 1. The predicted octanol–water partition coefficient (Wildman–Crippen LogP) is 1.35. The van der Waals surface area contributed by atoms with Gasteiger partial charge in [-0.05, 0) is 25.0 Å². The molecule has 5 nitrogen and oxygen atoms in total. The number of nitrogen functional groups attached to an aromatic ring is 1. The fourth-order valence-electron chi connectivity index (χ4n) is 2.14. The number of amides is 1. The van der Waals surface area contributed by atoms with Gasteiger partial charge >= 0.3 is 0 Å². The summed E-state index contributed by atoms with van der Waals surface area (Å²) in [7, 11) is 0. The Kier molecular flexibility index (Phi) is 4.52. The first-order valence-electron chi connectivity index (χ1n) is 6.37. The van der Waals surface area contributed by atoms with E-state index in [1.54, 1.807) is 18.3 Å². The number of nitrogens with one attached hydrogen (secondary N) is 1. The molecule has 0 bridgehead atoms. The molecule has 0 aromatic carbocycles. The molecule has 0 unspecified atom stereocenters. The van der Waals surface area contributed by atoms with E-state index in [9.17, 15) is 4.79 Å². The second kappa shape index (κ2) is 6.35. The van der Waals surface area contributed by atoms with Crippen LogP contribution in [0.15, 0.2) is 18.3 Å². The molecule has 1 fully saturated rings. The topological polar surface area (TPSA) is 77.2 Å². The second-order valence-corrected chi connectivity index (χ2v) is 4.47. The molecule has 1 aromatic heterocycles. The number of nitrogens with two attached hydrogens (primary N) is 1. The number of aromatic nitrogens is 1. The van der Waals surface area contributed by atoms with Crippen LogP contribution in [0.4, 0.5) is 5.69 Å². The van der Waals surface area contributed by atoms with Crippen molar-refractivity contribution in [3.8, 4) is 0 Å². The zero-order valence-electron chi connectivity index (χ0n) is 10.4. The van der Waals surface area contributed by atoms with Crippen molar-refractivity contribution in [1.82, 2.24) is 10.3 Å². The van der Waals surface area contributed by atoms with Gasteiger partial charge in [-0.2, -0.15) is 0 Å². The van der Waals surface area contributed by atoms with Crippen LogP contribution in [0, 0.1) is 0 Å². The Labute approximate surface area is 107 Å². The first kappa shape index (κ1) is 12.8. The Bertz CT molecular complexity index is 403. The molecule has 1 aliphatic rings. The molecule has 1 heterocycles. The van der Waals surface area contributed by atoms with Crippen molar-refractivity contribution in [1.29, 1.82) is 0 Å². The minimum atomic E-state index is -0.247. The standard InChI is InChI=1S/C13H19N3O2/c14-11-6-3-7-15-12(11)13(17)16-8-9-18-10-4-1-2-5-10/h3,6-7,10H,1-2,4-5,8-9,14H2,(H,16,17). The van der Waals surface area contributed by atoms with E-state index < -0.39 is 0 Å². The van der Waals surface area contributed by atoms with Crippen LogP contribution in [0.5, 0.6) is 0 Å². The van der Waals surface area contributed by atoms with Gasteiger partial charge in [-0.3, -0.25) is 4.79 Å². The Balaban J connectivity index is 1.70. The van der Waals surface area contributed by atoms with Crippen molar-refractivity contribution in [2.75, 3.05) is 18.9 Å². The largest absolute Gasteiger partial charge is 0.397 e. The lowest BCUT2D eigenvalue weighted by atomic mass is 10.3. The summed E-state index contributed by atoms with van der Waals surface area (Å²) in [5.41, 5.74) is 6.34. The van der Waals surface area contributed by atoms with Crippen molar-refractivity contribution >= 4 is 11.6 Å². The maximum absolute atomic E-state index is 11.8. The lowest BCUT2D eigenvalue weighted by Gasteiger charge is -2.11. The number of carbonyl (C=O) groups is 1. The molecule has 98 valence electrons. The zero-order valence-corrected chi connectivity index (χ0v) is 10.4. The molecule has 1 aliphatic carbocycles. The molecule has 3 N–H and O–H groups in total. The third kappa shape index (κ3) is 3.43. The van der Waals surface area contributed by atoms with Crippen LogP contribution in [0.2, 0.25) is 0 Å². The number of ether oxygens (including phenoxy) is 1. The van der Waals surface area contributed by atoms with Gasteiger partial charge < -0.3 is 15.8 Å². The van der Waals surface area contributed by atoms with E-state index in [2.05, 4.69) is 10.3 Å². The average molecular weight is 249 g/mol. The monoisotopic (exact) mass is 249 g/mol. The summed E-state index contributed by atoms with van der Waals surface area (Å²) in [6.45, 7) is 1.04. The molecule has 0 saturated heterocycles. The quantitative estimate of drug-likeness (QED) is 0.772. The van der Waals surface area contributed by atoms with E-state index in [0.29, 0.717) is 24.9 Å². The lowest BCUT2D eigenvalue weighted by molar-refractivity contribution is 0.0581. The number of nitrogens with zero attached hydrogens (tertiary/aromatic N) is 1. The summed E-state index contributed by atoms with van der Waals surface area (Å²) in [5, 5.41) is 2.76. The predicted molar refractivity (Wildman–Crippen MR) is 69.2 cm³/mol. The van der Waals surface area contributed by atoms with E-state index in [0.717, 1.165) is 12.8 Å². The van der Waals surface area contributed by atoms with Gasteiger partial charge in [0, 0.05) is 12.7 Å². The highest BCUT2D eigenvalue weighted by molar-refractivity contribution is 5.96. The highest BCUT2D eigenvalue weighted by Gasteiger charge is 2.15. The molecule has 1 amide bonds. The normalized spacial score (nSPS) is 15.8. The van der Waals surface area contributed by atoms with Crippen molar-refractivity contribution in [3.05, 3.63) is 24.0 Å². The molecule has 0 aliphatic heterocycles. The lowest BCUT2D eigenvalue weighted by Crippen LogP contribution is -2.29. The van der Waals surface area contributed by atoms with Gasteiger partial charge in [0.05, 0.1) is 18.4 Å². The van der Waals surface area contributed by atoms with Gasteiger partial charge in [0.2, 0.25) is 0 Å². The number of hydrogen-bond donors (Lipinski definition) is 2. The van der Waals surface area contributed by atoms with Gasteiger partial charge in [-0.25, -0.2) is 4.98 Å². The smallest absolute Gasteiger partial charge is 0.272 e. The van der Waals surface area contributed by atoms with E-state index in [1.165, 1.54) is 12.8 Å². The molecular weight excluding hydrogens is 230 g/mol. The molecule has 0 atom stereocenters. The summed E-state index contributed by atoms with van der Waals surface area (Å²) < 4.78 is 5.65. The van der Waals surface area contributed by atoms with Crippen molar-refractivity contribution < 1.29 is 9.53 Å². The van der Waals surface area contributed by atoms with Crippen LogP contribution in [0.25, 0.3) is 0 Å². The zero-order chi connectivity index (χ0) is 12.8. The summed E-state index contributed by atoms with van der Waals surface area (Å²) >= 11 is 0. The molecule has 1 aromatic rings. The Morgan fingerprint density at radius 1 is 1.50 bits per heavy atom. The highest BCUT2D eigenvalue weighted by Crippen LogP contribution is 2.20. The highest BCUT2D eigenvalue weighted by atomic mass is 16.5. The van der Waals surface area contributed by atoms with E-state index in [-0.39, 0.29) is 11.6 Å². The number of carbonyl (C=O) groups excluding carboxylic acids is 1. The van der Waals surface area contributed by atoms with Crippen molar-refractivity contribution in [2.45, 2.75) is 31.8 Å². The fourth-order valence-corrected chi connectivity index (χ4v) is 2.14. The van der Waals surface area contributed by atoms with Crippen LogP contribution >= 0.6 is 0 Å². The molecular formula is C13H19N3O2. The number of rotatable bonds is 5. The van der Waals surface area contributed by atoms with E-state index in [4.69, 9.17) is 10.5 Å². The maximum atomic E-state index is 11.8. The first-order chi connectivity index (χ1) is 8.77. The fraction of sp³-hybridized carbons (Fsp3) is 0.538. The Morgan fingerprint density at radius 3 is 3.00 bits per heavy atom. The van der Waals surface area contributed by atoms with Gasteiger partial charge in [0.1, 0.15) is 0 Å². The second-order valence-electron chi connectivity index (χ2n) is 4.47. The first-order valence-corrected chi connectivity index (χ1v) is 6.37. The summed E-state index contributed by atoms with van der Waals surface area (Å²) in [6, 6.07) is 3.37. The maximum Gasteiger partial charge on any atom is 0.272 e. The van der Waals surface area contributed by atoms with Crippen LogP contribution in [-0.4, -0.2) is 30.1 Å².